The van der Waals surface area contributed by atoms with E-state index in [1.54, 1.807) is 17.9 Å². The summed E-state index contributed by atoms with van der Waals surface area (Å²) in [6, 6.07) is -1.46. The first-order valence-electron chi connectivity index (χ1n) is 6.33. The maximum absolute atomic E-state index is 12.0. The van der Waals surface area contributed by atoms with Crippen molar-refractivity contribution >= 4 is 12.0 Å². The average Bonchev–Trinajstić information content (AvgIpc) is 2.89. The Morgan fingerprint density at radius 3 is 2.80 bits per heavy atom. The minimum Gasteiger partial charge on any atom is -0.480 e. The van der Waals surface area contributed by atoms with Gasteiger partial charge in [0.25, 0.3) is 0 Å². The van der Waals surface area contributed by atoms with E-state index < -0.39 is 24.1 Å². The van der Waals surface area contributed by atoms with Crippen LogP contribution in [-0.4, -0.2) is 55.6 Å². The van der Waals surface area contributed by atoms with Crippen molar-refractivity contribution in [2.45, 2.75) is 32.0 Å². The number of hydrogen-bond donors (Lipinski definition) is 3. The van der Waals surface area contributed by atoms with Crippen LogP contribution in [0.15, 0.2) is 6.20 Å². The number of aryl methyl sites for hydroxylation is 2. The molecule has 1 aliphatic rings. The van der Waals surface area contributed by atoms with Gasteiger partial charge in [0.05, 0.1) is 11.8 Å². The second kappa shape index (κ2) is 5.49. The summed E-state index contributed by atoms with van der Waals surface area (Å²) in [6.07, 6.45) is 1.07. The number of carboxylic acid groups (broad SMARTS) is 1. The fourth-order valence-corrected chi connectivity index (χ4v) is 2.37. The smallest absolute Gasteiger partial charge is 0.326 e. The highest BCUT2D eigenvalue weighted by Gasteiger charge is 2.38. The molecule has 20 heavy (non-hydrogen) atoms. The molecule has 2 amide bonds. The van der Waals surface area contributed by atoms with Gasteiger partial charge in [-0.3, -0.25) is 4.68 Å². The molecule has 0 aromatic carbocycles. The molecule has 0 saturated carbocycles. The molecule has 1 aromatic heterocycles. The van der Waals surface area contributed by atoms with E-state index in [0.29, 0.717) is 0 Å². The maximum atomic E-state index is 12.0. The third kappa shape index (κ3) is 2.90. The monoisotopic (exact) mass is 282 g/mol. The molecule has 0 radical (unpaired) electrons. The summed E-state index contributed by atoms with van der Waals surface area (Å²) in [6.45, 7) is 2.15. The number of amides is 2. The van der Waals surface area contributed by atoms with Crippen LogP contribution in [0.2, 0.25) is 0 Å². The van der Waals surface area contributed by atoms with Crippen molar-refractivity contribution in [2.75, 3.05) is 6.54 Å². The molecule has 2 heterocycles. The average molecular weight is 282 g/mol. The number of urea groups is 1. The summed E-state index contributed by atoms with van der Waals surface area (Å²) in [4.78, 5) is 24.2. The van der Waals surface area contributed by atoms with E-state index in [1.807, 2.05) is 6.92 Å². The number of aliphatic hydroxyl groups is 1. The highest BCUT2D eigenvalue weighted by Crippen LogP contribution is 2.18. The predicted octanol–water partition coefficient (Wildman–Crippen LogP) is -0.542. The Balaban J connectivity index is 1.97. The molecule has 2 rings (SSSR count). The van der Waals surface area contributed by atoms with Gasteiger partial charge in [-0.25, -0.2) is 9.59 Å². The molecule has 1 aliphatic heterocycles. The Kier molecular flexibility index (Phi) is 3.93. The van der Waals surface area contributed by atoms with Crippen molar-refractivity contribution < 1.29 is 19.8 Å². The summed E-state index contributed by atoms with van der Waals surface area (Å²) < 4.78 is 1.65. The highest BCUT2D eigenvalue weighted by molar-refractivity contribution is 5.83. The second-order valence-electron chi connectivity index (χ2n) is 4.97. The quantitative estimate of drug-likeness (QED) is 0.690. The lowest BCUT2D eigenvalue weighted by Gasteiger charge is -2.21. The summed E-state index contributed by atoms with van der Waals surface area (Å²) in [5.74, 6) is -1.10. The van der Waals surface area contributed by atoms with E-state index in [2.05, 4.69) is 10.4 Å². The van der Waals surface area contributed by atoms with Gasteiger partial charge in [0, 0.05) is 38.3 Å². The van der Waals surface area contributed by atoms with Gasteiger partial charge in [0.2, 0.25) is 0 Å². The Labute approximate surface area is 116 Å². The van der Waals surface area contributed by atoms with Crippen LogP contribution >= 0.6 is 0 Å². The maximum Gasteiger partial charge on any atom is 0.326 e. The molecule has 0 aliphatic carbocycles. The van der Waals surface area contributed by atoms with E-state index >= 15 is 0 Å². The zero-order valence-electron chi connectivity index (χ0n) is 11.4. The van der Waals surface area contributed by atoms with Crippen LogP contribution in [0.4, 0.5) is 4.79 Å². The largest absolute Gasteiger partial charge is 0.480 e. The van der Waals surface area contributed by atoms with E-state index in [1.165, 1.54) is 0 Å². The van der Waals surface area contributed by atoms with Crippen LogP contribution < -0.4 is 5.32 Å². The molecule has 0 bridgehead atoms. The van der Waals surface area contributed by atoms with Crippen LogP contribution in [0.3, 0.4) is 0 Å². The van der Waals surface area contributed by atoms with Crippen molar-refractivity contribution in [1.82, 2.24) is 20.0 Å². The fraction of sp³-hybridized carbons (Fsp3) is 0.583. The van der Waals surface area contributed by atoms with Crippen LogP contribution in [0.25, 0.3) is 0 Å². The molecule has 1 unspecified atom stereocenters. The molecule has 1 aromatic rings. The standard InChI is InChI=1S/C12H18N4O4/c1-7-8(5-15(2)14-7)4-13-12(20)16-6-9(17)3-10(16)11(18)19/h5,9-10,17H,3-4,6H2,1-2H3,(H,13,20)(H,18,19)/t9?,10-/m0/s1. The number of β-amino-alcohol motifs (C(OH)–C–C–N with tert-alkyl or cyclic N) is 1. The minimum absolute atomic E-state index is 0.0365. The van der Waals surface area contributed by atoms with E-state index in [-0.39, 0.29) is 19.5 Å². The van der Waals surface area contributed by atoms with Crippen molar-refractivity contribution in [2.24, 2.45) is 7.05 Å². The van der Waals surface area contributed by atoms with Crippen LogP contribution in [0.1, 0.15) is 17.7 Å². The van der Waals surface area contributed by atoms with Crippen molar-refractivity contribution in [3.8, 4) is 0 Å². The number of carbonyl (C=O) groups is 2. The third-order valence-electron chi connectivity index (χ3n) is 3.37. The minimum atomic E-state index is -1.10. The topological polar surface area (TPSA) is 108 Å². The normalized spacial score (nSPS) is 22.1. The first kappa shape index (κ1) is 14.3. The first-order valence-corrected chi connectivity index (χ1v) is 6.33. The first-order chi connectivity index (χ1) is 9.38. The lowest BCUT2D eigenvalue weighted by atomic mass is 10.2. The van der Waals surface area contributed by atoms with Crippen molar-refractivity contribution in [3.05, 3.63) is 17.5 Å². The Morgan fingerprint density at radius 1 is 1.55 bits per heavy atom. The number of hydrogen-bond acceptors (Lipinski definition) is 4. The molecule has 110 valence electrons. The molecule has 1 saturated heterocycles. The molecular weight excluding hydrogens is 264 g/mol. The van der Waals surface area contributed by atoms with Gasteiger partial charge in [-0.15, -0.1) is 0 Å². The van der Waals surface area contributed by atoms with Crippen LogP contribution in [0.5, 0.6) is 0 Å². The highest BCUT2D eigenvalue weighted by atomic mass is 16.4. The molecule has 2 atom stereocenters. The number of aromatic nitrogens is 2. The third-order valence-corrected chi connectivity index (χ3v) is 3.37. The van der Waals surface area contributed by atoms with Crippen molar-refractivity contribution in [1.29, 1.82) is 0 Å². The van der Waals surface area contributed by atoms with E-state index in [9.17, 15) is 14.7 Å². The van der Waals surface area contributed by atoms with Gasteiger partial charge in [-0.1, -0.05) is 0 Å². The number of aliphatic carboxylic acids is 1. The summed E-state index contributed by atoms with van der Waals surface area (Å²) in [5.41, 5.74) is 1.68. The number of rotatable bonds is 3. The molecular formula is C12H18N4O4. The van der Waals surface area contributed by atoms with Gasteiger partial charge in [-0.05, 0) is 6.92 Å². The lowest BCUT2D eigenvalue weighted by molar-refractivity contribution is -0.141. The van der Waals surface area contributed by atoms with E-state index in [4.69, 9.17) is 5.11 Å². The number of nitrogens with zero attached hydrogens (tertiary/aromatic N) is 3. The van der Waals surface area contributed by atoms with Gasteiger partial charge in [0.1, 0.15) is 6.04 Å². The number of carboxylic acids is 1. The van der Waals surface area contributed by atoms with E-state index in [0.717, 1.165) is 16.2 Å². The zero-order chi connectivity index (χ0) is 14.9. The van der Waals surface area contributed by atoms with Gasteiger partial charge in [0.15, 0.2) is 0 Å². The Hall–Kier alpha value is -2.09. The summed E-state index contributed by atoms with van der Waals surface area (Å²) >= 11 is 0. The summed E-state index contributed by atoms with van der Waals surface area (Å²) in [7, 11) is 1.79. The van der Waals surface area contributed by atoms with Gasteiger partial charge >= 0.3 is 12.0 Å². The fourth-order valence-electron chi connectivity index (χ4n) is 2.37. The van der Waals surface area contributed by atoms with Gasteiger partial charge in [-0.2, -0.15) is 5.10 Å². The molecule has 1 fully saturated rings. The number of nitrogens with one attached hydrogen (secondary N) is 1. The molecule has 8 nitrogen and oxygen atoms in total. The second-order valence-corrected chi connectivity index (χ2v) is 4.97. The Morgan fingerprint density at radius 2 is 2.25 bits per heavy atom. The zero-order valence-corrected chi connectivity index (χ0v) is 11.4. The summed E-state index contributed by atoms with van der Waals surface area (Å²) in [5, 5.41) is 25.4. The SMILES string of the molecule is Cc1nn(C)cc1CNC(=O)N1CC(O)C[C@H]1C(=O)O. The van der Waals surface area contributed by atoms with Crippen LogP contribution in [0, 0.1) is 6.92 Å². The molecule has 0 spiro atoms. The van der Waals surface area contributed by atoms with Crippen molar-refractivity contribution in [3.63, 3.8) is 0 Å². The Bertz CT molecular complexity index is 528. The molecule has 3 N–H and O–H groups in total. The van der Waals surface area contributed by atoms with Crippen LogP contribution in [-0.2, 0) is 18.4 Å². The predicted molar refractivity (Wildman–Crippen MR) is 68.9 cm³/mol. The number of aliphatic hydroxyl groups excluding tert-OH is 1. The number of likely N-dealkylation sites (tertiary alicyclic amines) is 1. The van der Waals surface area contributed by atoms with Gasteiger partial charge < -0.3 is 20.4 Å². The molecule has 8 heteroatoms. The lowest BCUT2D eigenvalue weighted by Crippen LogP contribution is -2.46. The number of carbonyl (C=O) groups excluding carboxylic acids is 1.